The Balaban J connectivity index is 2.05. The summed E-state index contributed by atoms with van der Waals surface area (Å²) >= 11 is 3.28. The molecule has 0 radical (unpaired) electrons. The SMILES string of the molecule is Cc1cc(C(=O)NCC(C)C)ccc1NC(=O)Cn1cc(Br)ccc1=O. The first-order valence-corrected chi connectivity index (χ1v) is 9.10. The summed E-state index contributed by atoms with van der Waals surface area (Å²) in [5, 5.41) is 5.64. The van der Waals surface area contributed by atoms with E-state index < -0.39 is 0 Å². The molecule has 2 N–H and O–H groups in total. The van der Waals surface area contributed by atoms with Crippen LogP contribution in [0.2, 0.25) is 0 Å². The molecule has 0 saturated carbocycles. The van der Waals surface area contributed by atoms with Gasteiger partial charge in [-0.15, -0.1) is 0 Å². The third-order valence-corrected chi connectivity index (χ3v) is 4.16. The molecule has 0 aliphatic heterocycles. The number of hydrogen-bond acceptors (Lipinski definition) is 3. The zero-order valence-corrected chi connectivity index (χ0v) is 16.6. The van der Waals surface area contributed by atoms with E-state index in [0.29, 0.717) is 23.7 Å². The molecule has 1 heterocycles. The van der Waals surface area contributed by atoms with E-state index in [4.69, 9.17) is 0 Å². The number of carbonyl (C=O) groups is 2. The van der Waals surface area contributed by atoms with E-state index in [1.807, 2.05) is 20.8 Å². The highest BCUT2D eigenvalue weighted by Crippen LogP contribution is 2.17. The van der Waals surface area contributed by atoms with Gasteiger partial charge in [0.25, 0.3) is 11.5 Å². The zero-order valence-electron chi connectivity index (χ0n) is 15.0. The molecular formula is C19H22BrN3O3. The van der Waals surface area contributed by atoms with E-state index >= 15 is 0 Å². The highest BCUT2D eigenvalue weighted by molar-refractivity contribution is 9.10. The van der Waals surface area contributed by atoms with Crippen LogP contribution in [-0.2, 0) is 11.3 Å². The van der Waals surface area contributed by atoms with Crippen LogP contribution in [0.4, 0.5) is 5.69 Å². The van der Waals surface area contributed by atoms with Crippen molar-refractivity contribution in [2.24, 2.45) is 5.92 Å². The molecule has 2 aromatic rings. The maximum absolute atomic E-state index is 12.2. The van der Waals surface area contributed by atoms with Crippen LogP contribution in [0.15, 0.2) is 45.8 Å². The van der Waals surface area contributed by atoms with Gasteiger partial charge in [0.1, 0.15) is 6.54 Å². The quantitative estimate of drug-likeness (QED) is 0.754. The molecule has 2 rings (SSSR count). The van der Waals surface area contributed by atoms with Gasteiger partial charge in [-0.1, -0.05) is 13.8 Å². The number of nitrogens with zero attached hydrogens (tertiary/aromatic N) is 1. The van der Waals surface area contributed by atoms with E-state index in [1.165, 1.54) is 10.6 Å². The summed E-state index contributed by atoms with van der Waals surface area (Å²) in [5.41, 5.74) is 1.68. The van der Waals surface area contributed by atoms with Gasteiger partial charge in [0.05, 0.1) is 0 Å². The number of aromatic nitrogens is 1. The van der Waals surface area contributed by atoms with Crippen molar-refractivity contribution in [2.45, 2.75) is 27.3 Å². The molecule has 0 saturated heterocycles. The molecule has 138 valence electrons. The lowest BCUT2D eigenvalue weighted by Crippen LogP contribution is -2.28. The van der Waals surface area contributed by atoms with Crippen molar-refractivity contribution in [2.75, 3.05) is 11.9 Å². The van der Waals surface area contributed by atoms with Gasteiger partial charge in [0.15, 0.2) is 0 Å². The van der Waals surface area contributed by atoms with Gasteiger partial charge in [-0.2, -0.15) is 0 Å². The number of halogens is 1. The Morgan fingerprint density at radius 2 is 1.92 bits per heavy atom. The summed E-state index contributed by atoms with van der Waals surface area (Å²) in [6.07, 6.45) is 1.57. The minimum atomic E-state index is -0.315. The molecule has 0 atom stereocenters. The average Bonchev–Trinajstić information content (AvgIpc) is 2.57. The Morgan fingerprint density at radius 1 is 1.19 bits per heavy atom. The van der Waals surface area contributed by atoms with Crippen LogP contribution in [0.5, 0.6) is 0 Å². The molecule has 0 fully saturated rings. The highest BCUT2D eigenvalue weighted by Gasteiger charge is 2.11. The first-order chi connectivity index (χ1) is 12.3. The molecule has 26 heavy (non-hydrogen) atoms. The first kappa shape index (κ1) is 19.9. The normalized spacial score (nSPS) is 10.7. The van der Waals surface area contributed by atoms with Crippen LogP contribution in [0.25, 0.3) is 0 Å². The molecule has 0 aliphatic carbocycles. The maximum atomic E-state index is 12.2. The second-order valence-corrected chi connectivity index (χ2v) is 7.41. The van der Waals surface area contributed by atoms with Crippen LogP contribution in [0, 0.1) is 12.8 Å². The largest absolute Gasteiger partial charge is 0.352 e. The van der Waals surface area contributed by atoms with Gasteiger partial charge in [0, 0.05) is 34.5 Å². The molecule has 2 amide bonds. The second-order valence-electron chi connectivity index (χ2n) is 6.50. The van der Waals surface area contributed by atoms with Crippen molar-refractivity contribution in [3.05, 3.63) is 62.5 Å². The van der Waals surface area contributed by atoms with Gasteiger partial charge in [-0.25, -0.2) is 0 Å². The molecule has 0 bridgehead atoms. The number of amides is 2. The summed E-state index contributed by atoms with van der Waals surface area (Å²) < 4.78 is 2.04. The molecule has 0 aliphatic rings. The molecule has 6 nitrogen and oxygen atoms in total. The lowest BCUT2D eigenvalue weighted by atomic mass is 10.1. The number of aryl methyl sites for hydroxylation is 1. The van der Waals surface area contributed by atoms with Crippen molar-refractivity contribution in [3.63, 3.8) is 0 Å². The number of hydrogen-bond donors (Lipinski definition) is 2. The Kier molecular flexibility index (Phi) is 6.74. The number of benzene rings is 1. The van der Waals surface area contributed by atoms with Crippen LogP contribution in [-0.4, -0.2) is 22.9 Å². The number of carbonyl (C=O) groups excluding carboxylic acids is 2. The van der Waals surface area contributed by atoms with E-state index in [-0.39, 0.29) is 23.9 Å². The van der Waals surface area contributed by atoms with Crippen LogP contribution < -0.4 is 16.2 Å². The summed E-state index contributed by atoms with van der Waals surface area (Å²) in [7, 11) is 0. The Labute approximate surface area is 160 Å². The number of nitrogens with one attached hydrogen (secondary N) is 2. The van der Waals surface area contributed by atoms with Gasteiger partial charge < -0.3 is 15.2 Å². The highest BCUT2D eigenvalue weighted by atomic mass is 79.9. The predicted molar refractivity (Wildman–Crippen MR) is 105 cm³/mol. The van der Waals surface area contributed by atoms with Gasteiger partial charge in [-0.05, 0) is 58.6 Å². The maximum Gasteiger partial charge on any atom is 0.251 e. The fourth-order valence-electron chi connectivity index (χ4n) is 2.31. The lowest BCUT2D eigenvalue weighted by Gasteiger charge is -2.12. The van der Waals surface area contributed by atoms with Crippen molar-refractivity contribution in [1.82, 2.24) is 9.88 Å². The zero-order chi connectivity index (χ0) is 19.3. The van der Waals surface area contributed by atoms with Crippen molar-refractivity contribution in [3.8, 4) is 0 Å². The Bertz CT molecular complexity index is 875. The summed E-state index contributed by atoms with van der Waals surface area (Å²) in [4.78, 5) is 36.1. The smallest absolute Gasteiger partial charge is 0.251 e. The lowest BCUT2D eigenvalue weighted by molar-refractivity contribution is -0.116. The minimum absolute atomic E-state index is 0.0889. The van der Waals surface area contributed by atoms with Gasteiger partial charge in [-0.3, -0.25) is 14.4 Å². The summed E-state index contributed by atoms with van der Waals surface area (Å²) in [6.45, 7) is 6.40. The number of pyridine rings is 1. The Morgan fingerprint density at radius 3 is 2.58 bits per heavy atom. The van der Waals surface area contributed by atoms with E-state index in [0.717, 1.165) is 10.0 Å². The predicted octanol–water partition coefficient (Wildman–Crippen LogP) is 2.94. The molecule has 0 unspecified atom stereocenters. The van der Waals surface area contributed by atoms with Crippen LogP contribution in [0.1, 0.15) is 29.8 Å². The number of anilines is 1. The third kappa shape index (κ3) is 5.56. The van der Waals surface area contributed by atoms with Crippen molar-refractivity contribution < 1.29 is 9.59 Å². The third-order valence-electron chi connectivity index (χ3n) is 3.69. The fourth-order valence-corrected chi connectivity index (χ4v) is 2.69. The van der Waals surface area contributed by atoms with Gasteiger partial charge >= 0.3 is 0 Å². The van der Waals surface area contributed by atoms with E-state index in [2.05, 4.69) is 26.6 Å². The van der Waals surface area contributed by atoms with Crippen molar-refractivity contribution in [1.29, 1.82) is 0 Å². The summed E-state index contributed by atoms with van der Waals surface area (Å²) in [5.74, 6) is -0.0780. The van der Waals surface area contributed by atoms with Crippen LogP contribution in [0.3, 0.4) is 0 Å². The molecule has 1 aromatic heterocycles. The van der Waals surface area contributed by atoms with E-state index in [9.17, 15) is 14.4 Å². The average molecular weight is 420 g/mol. The minimum Gasteiger partial charge on any atom is -0.352 e. The van der Waals surface area contributed by atoms with E-state index in [1.54, 1.807) is 30.5 Å². The molecular weight excluding hydrogens is 398 g/mol. The van der Waals surface area contributed by atoms with Gasteiger partial charge in [0.2, 0.25) is 5.91 Å². The summed E-state index contributed by atoms with van der Waals surface area (Å²) in [6, 6.07) is 8.12. The monoisotopic (exact) mass is 419 g/mol. The standard InChI is InChI=1S/C19H22BrN3O3/c1-12(2)9-21-19(26)14-4-6-16(13(3)8-14)22-17(24)11-23-10-15(20)5-7-18(23)25/h4-8,10,12H,9,11H2,1-3H3,(H,21,26)(H,22,24). The number of rotatable bonds is 6. The molecule has 0 spiro atoms. The Hall–Kier alpha value is -2.41. The van der Waals surface area contributed by atoms with Crippen LogP contribution >= 0.6 is 15.9 Å². The topological polar surface area (TPSA) is 80.2 Å². The molecule has 1 aromatic carbocycles. The molecule has 7 heteroatoms. The second kappa shape index (κ2) is 8.80. The fraction of sp³-hybridized carbons (Fsp3) is 0.316. The van der Waals surface area contributed by atoms with Crippen molar-refractivity contribution >= 4 is 33.4 Å². The first-order valence-electron chi connectivity index (χ1n) is 8.31.